The predicted octanol–water partition coefficient (Wildman–Crippen LogP) is 4.49. The summed E-state index contributed by atoms with van der Waals surface area (Å²) in [5.74, 6) is -0.421. The predicted molar refractivity (Wildman–Crippen MR) is 170 cm³/mol. The van der Waals surface area contributed by atoms with Crippen molar-refractivity contribution in [1.29, 1.82) is 0 Å². The van der Waals surface area contributed by atoms with Gasteiger partial charge in [-0.05, 0) is 13.3 Å². The number of aryl methyl sites for hydroxylation is 1. The van der Waals surface area contributed by atoms with Gasteiger partial charge < -0.3 is 31.9 Å². The van der Waals surface area contributed by atoms with Crippen LogP contribution >= 0.6 is 0 Å². The fraction of sp³-hybridized carbons (Fsp3) is 0.765. The largest absolute Gasteiger partial charge is 1.00 e. The molecule has 1 rings (SSSR count). The molecule has 1 heterocycles. The van der Waals surface area contributed by atoms with E-state index in [9.17, 15) is 14.4 Å². The molecule has 0 aliphatic rings. The molecular formula is C34H60ClN3O6. The van der Waals surface area contributed by atoms with Gasteiger partial charge in [0.1, 0.15) is 32.4 Å². The lowest BCUT2D eigenvalue weighted by atomic mass is 10.0. The number of nitrogens with one attached hydrogen (secondary N) is 1. The van der Waals surface area contributed by atoms with E-state index >= 15 is 0 Å². The third-order valence-electron chi connectivity index (χ3n) is 7.72. The molecule has 1 N–H and O–H groups in total. The van der Waals surface area contributed by atoms with E-state index in [-0.39, 0.29) is 32.2 Å². The average Bonchev–Trinajstić information content (AvgIpc) is 3.01. The van der Waals surface area contributed by atoms with Crippen molar-refractivity contribution in [2.45, 2.75) is 143 Å². The van der Waals surface area contributed by atoms with Crippen LogP contribution in [0.15, 0.2) is 24.4 Å². The van der Waals surface area contributed by atoms with Crippen molar-refractivity contribution in [3.8, 4) is 0 Å². The Labute approximate surface area is 273 Å². The monoisotopic (exact) mass is 641 g/mol. The molecule has 0 aromatic carbocycles. The molecule has 0 saturated carbocycles. The highest BCUT2D eigenvalue weighted by Gasteiger charge is 2.25. The van der Waals surface area contributed by atoms with E-state index in [4.69, 9.17) is 14.2 Å². The summed E-state index contributed by atoms with van der Waals surface area (Å²) in [7, 11) is 1.45. The van der Waals surface area contributed by atoms with Crippen LogP contribution in [0.5, 0.6) is 0 Å². The SMILES string of the molecule is CCCCCCCCCCCCCCCCCCNC(=O)OC[C@@H](COC(=O)N(Cc1cccc[n+]1CC)C(C)=O)OC.[Cl-]. The number of rotatable bonds is 25. The van der Waals surface area contributed by atoms with E-state index < -0.39 is 24.2 Å². The van der Waals surface area contributed by atoms with E-state index in [1.807, 2.05) is 35.9 Å². The van der Waals surface area contributed by atoms with Crippen molar-refractivity contribution in [1.82, 2.24) is 10.2 Å². The van der Waals surface area contributed by atoms with E-state index in [1.165, 1.54) is 104 Å². The maximum Gasteiger partial charge on any atom is 0.417 e. The fourth-order valence-electron chi connectivity index (χ4n) is 4.94. The molecule has 1 atom stereocenters. The van der Waals surface area contributed by atoms with Gasteiger partial charge in [-0.15, -0.1) is 0 Å². The van der Waals surface area contributed by atoms with Crippen molar-refractivity contribution in [2.75, 3.05) is 26.9 Å². The van der Waals surface area contributed by atoms with Crippen molar-refractivity contribution < 1.29 is 45.6 Å². The Kier molecular flexibility index (Phi) is 26.6. The maximum absolute atomic E-state index is 12.6. The van der Waals surface area contributed by atoms with E-state index in [0.29, 0.717) is 13.1 Å². The van der Waals surface area contributed by atoms with Gasteiger partial charge in [-0.25, -0.2) is 19.1 Å². The zero-order chi connectivity index (χ0) is 31.5. The first kappa shape index (κ1) is 41.6. The number of nitrogens with zero attached hydrogens (tertiary/aromatic N) is 2. The van der Waals surface area contributed by atoms with Gasteiger partial charge in [-0.1, -0.05) is 109 Å². The third-order valence-corrected chi connectivity index (χ3v) is 7.72. The van der Waals surface area contributed by atoms with Crippen LogP contribution in [0.4, 0.5) is 9.59 Å². The molecule has 3 amide bonds. The highest BCUT2D eigenvalue weighted by Crippen LogP contribution is 2.13. The maximum atomic E-state index is 12.6. The summed E-state index contributed by atoms with van der Waals surface area (Å²) in [6.07, 6.45) is 20.9. The minimum absolute atomic E-state index is 0. The molecule has 1 aromatic rings. The summed E-state index contributed by atoms with van der Waals surface area (Å²) in [4.78, 5) is 37.9. The minimum atomic E-state index is -0.769. The van der Waals surface area contributed by atoms with Crippen LogP contribution < -0.4 is 22.3 Å². The molecule has 1 aromatic heterocycles. The Balaban J connectivity index is 0.0000185. The molecule has 10 heteroatoms. The Bertz CT molecular complexity index is 888. The summed E-state index contributed by atoms with van der Waals surface area (Å²) in [5.41, 5.74) is 0.810. The summed E-state index contributed by atoms with van der Waals surface area (Å²) in [6, 6.07) is 5.61. The van der Waals surface area contributed by atoms with Gasteiger partial charge in [0.05, 0.1) is 0 Å². The van der Waals surface area contributed by atoms with Gasteiger partial charge in [0.25, 0.3) is 0 Å². The second kappa shape index (κ2) is 28.1. The molecule has 0 spiro atoms. The topological polar surface area (TPSA) is 98.0 Å². The van der Waals surface area contributed by atoms with Gasteiger partial charge in [0.2, 0.25) is 11.6 Å². The number of pyridine rings is 1. The molecule has 44 heavy (non-hydrogen) atoms. The first-order valence-corrected chi connectivity index (χ1v) is 16.8. The number of ether oxygens (including phenoxy) is 3. The van der Waals surface area contributed by atoms with Crippen LogP contribution in [0.25, 0.3) is 0 Å². The highest BCUT2D eigenvalue weighted by molar-refractivity contribution is 5.90. The van der Waals surface area contributed by atoms with Crippen molar-refractivity contribution >= 4 is 18.1 Å². The number of alkyl carbamates (subject to hydrolysis) is 1. The molecule has 0 bridgehead atoms. The summed E-state index contributed by atoms with van der Waals surface area (Å²) in [5, 5.41) is 2.77. The second-order valence-electron chi connectivity index (χ2n) is 11.3. The molecule has 0 unspecified atom stereocenters. The van der Waals surface area contributed by atoms with Gasteiger partial charge in [-0.3, -0.25) is 4.79 Å². The number of carbonyl (C=O) groups is 3. The Morgan fingerprint density at radius 1 is 0.795 bits per heavy atom. The summed E-state index contributed by atoms with van der Waals surface area (Å²) >= 11 is 0. The third kappa shape index (κ3) is 20.5. The number of aromatic nitrogens is 1. The van der Waals surface area contributed by atoms with Crippen LogP contribution in [0.1, 0.15) is 129 Å². The number of halogens is 1. The molecule has 0 aliphatic carbocycles. The molecule has 9 nitrogen and oxygen atoms in total. The molecule has 0 radical (unpaired) electrons. The van der Waals surface area contributed by atoms with Gasteiger partial charge in [0.15, 0.2) is 6.20 Å². The Morgan fingerprint density at radius 3 is 1.82 bits per heavy atom. The van der Waals surface area contributed by atoms with Crippen LogP contribution in [-0.2, 0) is 32.1 Å². The normalized spacial score (nSPS) is 11.4. The average molecular weight is 642 g/mol. The molecule has 0 saturated heterocycles. The molecule has 0 fully saturated rings. The van der Waals surface area contributed by atoms with Crippen LogP contribution in [0.2, 0.25) is 0 Å². The number of hydrogen-bond donors (Lipinski definition) is 1. The number of methoxy groups -OCH3 is 1. The first-order chi connectivity index (χ1) is 20.9. The van der Waals surface area contributed by atoms with E-state index in [0.717, 1.165) is 23.4 Å². The number of amides is 3. The first-order valence-electron chi connectivity index (χ1n) is 16.8. The highest BCUT2D eigenvalue weighted by atomic mass is 35.5. The number of unbranched alkanes of at least 4 members (excludes halogenated alkanes) is 15. The smallest absolute Gasteiger partial charge is 0.417 e. The minimum Gasteiger partial charge on any atom is -1.00 e. The second-order valence-corrected chi connectivity index (χ2v) is 11.3. The zero-order valence-electron chi connectivity index (χ0n) is 28.0. The van der Waals surface area contributed by atoms with Gasteiger partial charge >= 0.3 is 12.2 Å². The molecular weight excluding hydrogens is 582 g/mol. The van der Waals surface area contributed by atoms with E-state index in [1.54, 1.807) is 0 Å². The van der Waals surface area contributed by atoms with Crippen molar-refractivity contribution in [3.05, 3.63) is 30.1 Å². The number of hydrogen-bond acceptors (Lipinski definition) is 6. The van der Waals surface area contributed by atoms with Crippen LogP contribution in [0, 0.1) is 0 Å². The van der Waals surface area contributed by atoms with Crippen LogP contribution in [-0.4, -0.2) is 56.0 Å². The summed E-state index contributed by atoms with van der Waals surface area (Å²) in [6.45, 7) is 6.73. The van der Waals surface area contributed by atoms with Crippen molar-refractivity contribution in [2.24, 2.45) is 0 Å². The van der Waals surface area contributed by atoms with Gasteiger partial charge in [-0.2, -0.15) is 0 Å². The van der Waals surface area contributed by atoms with Crippen LogP contribution in [0.3, 0.4) is 0 Å². The molecule has 0 aliphatic heterocycles. The molecule has 254 valence electrons. The summed E-state index contributed by atoms with van der Waals surface area (Å²) < 4.78 is 17.8. The quantitative estimate of drug-likeness (QED) is 0.125. The van der Waals surface area contributed by atoms with Gasteiger partial charge in [0, 0.05) is 32.7 Å². The Hall–Kier alpha value is -2.39. The number of imide groups is 1. The zero-order valence-corrected chi connectivity index (χ0v) is 28.7. The lowest BCUT2D eigenvalue weighted by molar-refractivity contribution is -0.701. The number of carbonyl (C=O) groups excluding carboxylic acids is 3. The fourth-order valence-corrected chi connectivity index (χ4v) is 4.94. The van der Waals surface area contributed by atoms with Crippen molar-refractivity contribution in [3.63, 3.8) is 0 Å². The Morgan fingerprint density at radius 2 is 1.32 bits per heavy atom. The van der Waals surface area contributed by atoms with E-state index in [2.05, 4.69) is 12.2 Å². The standard InChI is InChI=1S/C34H59N3O6.ClH/c1-5-7-8-9-10-11-12-13-14-15-16-17-18-19-20-22-25-35-33(39)42-28-32(41-4)29-43-34(40)37(30(3)38)27-31-24-21-23-26-36(31)6-2;/h21,23-24,26,32H,5-20,22,25,27-29H2,1-4H3;1H/t32-;/m0./s1. The lowest BCUT2D eigenvalue weighted by Gasteiger charge is -2.20. The lowest BCUT2D eigenvalue weighted by Crippen LogP contribution is -3.00.